The van der Waals surface area contributed by atoms with Crippen molar-refractivity contribution in [2.75, 3.05) is 25.4 Å². The van der Waals surface area contributed by atoms with E-state index < -0.39 is 63.4 Å². The molecule has 0 spiro atoms. The first-order chi connectivity index (χ1) is 11.3. The molecule has 25 heavy (non-hydrogen) atoms. The van der Waals surface area contributed by atoms with Crippen molar-refractivity contribution in [1.29, 1.82) is 0 Å². The first-order valence-electron chi connectivity index (χ1n) is 6.71. The Bertz CT molecular complexity index is 739. The van der Waals surface area contributed by atoms with Crippen LogP contribution < -0.4 is 0 Å². The van der Waals surface area contributed by atoms with Crippen LogP contribution in [0.25, 0.3) is 0 Å². The van der Waals surface area contributed by atoms with Gasteiger partial charge < -0.3 is 9.29 Å². The highest BCUT2D eigenvalue weighted by atomic mass is 32.2. The summed E-state index contributed by atoms with van der Waals surface area (Å²) in [6.07, 6.45) is -5.11. The number of alkyl halides is 3. The number of ether oxygens (including phenoxy) is 1. The smallest absolute Gasteiger partial charge is 0.418 e. The lowest BCUT2D eigenvalue weighted by Crippen LogP contribution is -2.44. The van der Waals surface area contributed by atoms with Crippen LogP contribution in [0.15, 0.2) is 0 Å². The molecule has 1 aliphatic heterocycles. The number of urea groups is 1. The van der Waals surface area contributed by atoms with Crippen molar-refractivity contribution >= 4 is 32.3 Å². The highest BCUT2D eigenvalue weighted by molar-refractivity contribution is 7.89. The van der Waals surface area contributed by atoms with Crippen molar-refractivity contribution in [3.8, 4) is 0 Å². The lowest BCUT2D eigenvalue weighted by molar-refractivity contribution is -0.0333. The lowest BCUT2D eigenvalue weighted by atomic mass is 10.4. The minimum atomic E-state index is -6.33. The third kappa shape index (κ3) is 4.52. The lowest BCUT2D eigenvalue weighted by Gasteiger charge is -2.23. The molecule has 1 fully saturated rings. The van der Waals surface area contributed by atoms with Crippen LogP contribution in [0.3, 0.4) is 0 Å². The summed E-state index contributed by atoms with van der Waals surface area (Å²) < 4.78 is 97.7. The Morgan fingerprint density at radius 2 is 1.88 bits per heavy atom. The van der Waals surface area contributed by atoms with E-state index in [0.717, 1.165) is 0 Å². The van der Waals surface area contributed by atoms with Gasteiger partial charge in [0.15, 0.2) is 10.1 Å². The fraction of sp³-hybridized carbons (Fsp3) is 0.800. The molecule has 1 rings (SSSR count). The van der Waals surface area contributed by atoms with Crippen molar-refractivity contribution in [2.24, 2.45) is 0 Å². The monoisotopic (exact) mass is 411 g/mol. The van der Waals surface area contributed by atoms with E-state index in [-0.39, 0.29) is 17.1 Å². The highest BCUT2D eigenvalue weighted by Gasteiger charge is 2.48. The Hall–Kier alpha value is -1.61. The largest absolute Gasteiger partial charge is 0.743 e. The van der Waals surface area contributed by atoms with Gasteiger partial charge in [-0.2, -0.15) is 8.78 Å². The van der Waals surface area contributed by atoms with Gasteiger partial charge in [0.05, 0.1) is 18.8 Å². The number of nitrogens with zero attached hydrogens (tertiary/aromatic N) is 2. The van der Waals surface area contributed by atoms with Gasteiger partial charge in [0.1, 0.15) is 6.61 Å². The number of carbonyl (C=O) groups excluding carboxylic acids is 2. The molecule has 1 aliphatic rings. The van der Waals surface area contributed by atoms with Crippen LogP contribution >= 0.6 is 0 Å². The van der Waals surface area contributed by atoms with Crippen LogP contribution in [-0.2, 0) is 24.9 Å². The van der Waals surface area contributed by atoms with Crippen LogP contribution in [0.4, 0.5) is 22.8 Å². The molecule has 10 nitrogen and oxygen atoms in total. The zero-order valence-corrected chi connectivity index (χ0v) is 14.4. The van der Waals surface area contributed by atoms with E-state index >= 15 is 0 Å². The van der Waals surface area contributed by atoms with Crippen LogP contribution in [0.2, 0.25) is 0 Å². The molecular weight excluding hydrogens is 397 g/mol. The highest BCUT2D eigenvalue weighted by Crippen LogP contribution is 2.27. The van der Waals surface area contributed by atoms with Gasteiger partial charge in [-0.05, 0) is 6.42 Å². The van der Waals surface area contributed by atoms with Gasteiger partial charge in [0.25, 0.3) is 0 Å². The van der Waals surface area contributed by atoms with Gasteiger partial charge >= 0.3 is 17.4 Å². The van der Waals surface area contributed by atoms with Gasteiger partial charge in [-0.3, -0.25) is 0 Å². The van der Waals surface area contributed by atoms with E-state index in [2.05, 4.69) is 4.74 Å². The van der Waals surface area contributed by atoms with Crippen molar-refractivity contribution in [3.05, 3.63) is 0 Å². The maximum Gasteiger partial charge on any atom is 0.418 e. The number of rotatable bonds is 7. The van der Waals surface area contributed by atoms with Gasteiger partial charge in [0.2, 0.25) is 16.2 Å². The normalized spacial score (nSPS) is 17.7. The molecule has 1 unspecified atom stereocenters. The van der Waals surface area contributed by atoms with Crippen molar-refractivity contribution in [2.45, 2.75) is 24.8 Å². The predicted molar refractivity (Wildman–Crippen MR) is 73.8 cm³/mol. The van der Waals surface area contributed by atoms with Gasteiger partial charge in [-0.1, -0.05) is 6.92 Å². The average Bonchev–Trinajstić information content (AvgIpc) is 2.85. The Balaban J connectivity index is 2.73. The minimum Gasteiger partial charge on any atom is -0.743 e. The van der Waals surface area contributed by atoms with Crippen LogP contribution in [-0.4, -0.2) is 79.6 Å². The Kier molecular flexibility index (Phi) is 6.28. The Morgan fingerprint density at radius 3 is 2.36 bits per heavy atom. The third-order valence-electron chi connectivity index (χ3n) is 3.04. The van der Waals surface area contributed by atoms with E-state index in [9.17, 15) is 44.1 Å². The molecule has 0 aromatic rings. The molecule has 1 saturated heterocycles. The van der Waals surface area contributed by atoms with Crippen LogP contribution in [0.5, 0.6) is 0 Å². The quantitative estimate of drug-likeness (QED) is 0.536. The molecule has 1 atom stereocenters. The summed E-state index contributed by atoms with van der Waals surface area (Å²) in [5.41, 5.74) is 0. The fourth-order valence-electron chi connectivity index (χ4n) is 1.79. The minimum absolute atomic E-state index is 0.193. The van der Waals surface area contributed by atoms with Gasteiger partial charge in [-0.15, -0.1) is 0 Å². The molecule has 15 heteroatoms. The molecule has 0 N–H and O–H groups in total. The van der Waals surface area contributed by atoms with Crippen molar-refractivity contribution < 1.29 is 48.9 Å². The second-order valence-corrected chi connectivity index (χ2v) is 8.35. The first-order valence-corrected chi connectivity index (χ1v) is 9.73. The predicted octanol–water partition coefficient (Wildman–Crippen LogP) is 0.0765. The second kappa shape index (κ2) is 7.33. The van der Waals surface area contributed by atoms with E-state index in [1.807, 2.05) is 0 Å². The maximum atomic E-state index is 13.2. The molecule has 0 aliphatic carbocycles. The molecule has 0 aromatic heterocycles. The number of sulfonamides is 1. The number of hydrogen-bond acceptors (Lipinski definition) is 8. The number of carbonyl (C=O) groups is 2. The zero-order valence-electron chi connectivity index (χ0n) is 12.7. The van der Waals surface area contributed by atoms with E-state index in [1.54, 1.807) is 0 Å². The maximum absolute atomic E-state index is 13.2. The summed E-state index contributed by atoms with van der Waals surface area (Å²) in [4.78, 5) is 23.7. The van der Waals surface area contributed by atoms with Gasteiger partial charge in [0, 0.05) is 0 Å². The van der Waals surface area contributed by atoms with Crippen LogP contribution in [0, 0.1) is 0 Å². The molecule has 146 valence electrons. The number of imide groups is 1. The standard InChI is InChI=1S/C10H15F3N2O8S2/c1-2-5-24(18,19)15-4-3-14(8(15)16)9(17)23-6-7(11)10(12,13)25(20,21)22/h7H,2-6H2,1H3,(H,20,21,22)/p-1. The van der Waals surface area contributed by atoms with Crippen molar-refractivity contribution in [1.82, 2.24) is 9.21 Å². The topological polar surface area (TPSA) is 141 Å². The molecule has 1 heterocycles. The molecule has 0 aromatic carbocycles. The summed E-state index contributed by atoms with van der Waals surface area (Å²) in [5.74, 6) is -0.373. The summed E-state index contributed by atoms with van der Waals surface area (Å²) in [6.45, 7) is -1.15. The summed E-state index contributed by atoms with van der Waals surface area (Å²) in [7, 11) is -10.3. The molecule has 0 radical (unpaired) electrons. The fourth-order valence-corrected chi connectivity index (χ4v) is 3.60. The number of hydrogen-bond donors (Lipinski definition) is 0. The number of amides is 3. The summed E-state index contributed by atoms with van der Waals surface area (Å²) in [6, 6.07) is -1.31. The summed E-state index contributed by atoms with van der Waals surface area (Å²) in [5, 5.41) is -5.33. The van der Waals surface area contributed by atoms with Crippen LogP contribution in [0.1, 0.15) is 13.3 Å². The second-order valence-electron chi connectivity index (χ2n) is 4.88. The Labute approximate surface area is 141 Å². The van der Waals surface area contributed by atoms with E-state index in [1.165, 1.54) is 6.92 Å². The molecule has 3 amide bonds. The van der Waals surface area contributed by atoms with Gasteiger partial charge in [-0.25, -0.2) is 40.0 Å². The average molecular weight is 411 g/mol. The Morgan fingerprint density at radius 1 is 1.32 bits per heavy atom. The summed E-state index contributed by atoms with van der Waals surface area (Å²) >= 11 is 0. The van der Waals surface area contributed by atoms with E-state index in [0.29, 0.717) is 4.31 Å². The number of halogens is 3. The SMILES string of the molecule is CCCS(=O)(=O)N1CCN(C(=O)OCC(F)C(F)(F)S(=O)(=O)[O-])C1=O. The molecule has 0 saturated carbocycles. The molecular formula is C10H14F3N2O8S2-. The zero-order chi connectivity index (χ0) is 19.6. The third-order valence-corrected chi connectivity index (χ3v) is 5.90. The first kappa shape index (κ1) is 21.4. The van der Waals surface area contributed by atoms with E-state index in [4.69, 9.17) is 0 Å². The van der Waals surface area contributed by atoms with Crippen molar-refractivity contribution in [3.63, 3.8) is 0 Å². The molecule has 0 bridgehead atoms.